The number of rotatable bonds is 2. The molecule has 3 heterocycles. The molecule has 2 saturated heterocycles. The zero-order valence-corrected chi connectivity index (χ0v) is 16.9. The molecule has 2 aliphatic rings. The lowest BCUT2D eigenvalue weighted by molar-refractivity contribution is -0.122. The number of nitrogen functional groups attached to an aromatic ring is 1. The molecule has 0 aliphatic carbocycles. The summed E-state index contributed by atoms with van der Waals surface area (Å²) in [5, 5.41) is 7.34. The number of hydrogen-bond acceptors (Lipinski definition) is 5. The lowest BCUT2D eigenvalue weighted by Gasteiger charge is -2.37. The lowest BCUT2D eigenvalue weighted by Crippen LogP contribution is -2.55. The predicted molar refractivity (Wildman–Crippen MR) is 114 cm³/mol. The van der Waals surface area contributed by atoms with Crippen LogP contribution in [0.4, 0.5) is 16.3 Å². The van der Waals surface area contributed by atoms with Crippen LogP contribution in [0.1, 0.15) is 19.3 Å². The first kappa shape index (κ1) is 19.6. The van der Waals surface area contributed by atoms with E-state index in [1.54, 1.807) is 11.0 Å². The van der Waals surface area contributed by atoms with Crippen molar-refractivity contribution >= 4 is 45.9 Å². The maximum absolute atomic E-state index is 12.6. The number of hydrogen-bond donors (Lipinski definition) is 3. The molecule has 8 nitrogen and oxygen atoms in total. The molecule has 0 saturated carbocycles. The maximum atomic E-state index is 12.6. The lowest BCUT2D eigenvalue weighted by atomic mass is 10.1. The first-order valence-corrected chi connectivity index (χ1v) is 10.3. The van der Waals surface area contributed by atoms with Gasteiger partial charge in [0.1, 0.15) is 11.9 Å². The minimum Gasteiger partial charge on any atom is -0.384 e. The van der Waals surface area contributed by atoms with Gasteiger partial charge in [0, 0.05) is 54.9 Å². The largest absolute Gasteiger partial charge is 0.384 e. The van der Waals surface area contributed by atoms with E-state index in [-0.39, 0.29) is 11.9 Å². The topological polar surface area (TPSA) is 104 Å². The molecule has 9 heteroatoms. The summed E-state index contributed by atoms with van der Waals surface area (Å²) in [6.07, 6.45) is 2.56. The third-order valence-corrected chi connectivity index (χ3v) is 5.75. The van der Waals surface area contributed by atoms with Gasteiger partial charge in [0.05, 0.1) is 5.52 Å². The van der Waals surface area contributed by atoms with Crippen molar-refractivity contribution in [2.45, 2.75) is 25.3 Å². The van der Waals surface area contributed by atoms with Crippen LogP contribution < -0.4 is 21.3 Å². The van der Waals surface area contributed by atoms with E-state index >= 15 is 0 Å². The van der Waals surface area contributed by atoms with E-state index in [1.807, 2.05) is 18.2 Å². The van der Waals surface area contributed by atoms with Crippen molar-refractivity contribution in [1.82, 2.24) is 20.5 Å². The van der Waals surface area contributed by atoms with Crippen molar-refractivity contribution in [2.75, 3.05) is 43.4 Å². The summed E-state index contributed by atoms with van der Waals surface area (Å²) >= 11 is 6.09. The molecule has 0 bridgehead atoms. The van der Waals surface area contributed by atoms with Crippen molar-refractivity contribution in [3.8, 4) is 0 Å². The quantitative estimate of drug-likeness (QED) is 0.694. The fourth-order valence-electron chi connectivity index (χ4n) is 3.93. The highest BCUT2D eigenvalue weighted by Gasteiger charge is 2.27. The number of urea groups is 1. The van der Waals surface area contributed by atoms with Gasteiger partial charge >= 0.3 is 6.03 Å². The SMILES string of the molecule is Nc1cc(N2CCN(C(=O)NC3CCCCNC3=O)CC2)c2ccc(Cl)cc2n1. The van der Waals surface area contributed by atoms with Crippen molar-refractivity contribution < 1.29 is 9.59 Å². The van der Waals surface area contributed by atoms with Crippen LogP contribution in [0.3, 0.4) is 0 Å². The highest BCUT2D eigenvalue weighted by molar-refractivity contribution is 6.31. The summed E-state index contributed by atoms with van der Waals surface area (Å²) in [7, 11) is 0. The van der Waals surface area contributed by atoms with Gasteiger partial charge in [-0.3, -0.25) is 4.79 Å². The Labute approximate surface area is 174 Å². The standard InChI is InChI=1S/C20H25ClN6O2/c21-13-4-5-14-16(11-13)24-18(22)12-17(14)26-7-9-27(10-8-26)20(29)25-15-3-1-2-6-23-19(15)28/h4-5,11-12,15H,1-3,6-10H2,(H2,22,24)(H,23,28)(H,25,29). The number of halogens is 1. The van der Waals surface area contributed by atoms with E-state index < -0.39 is 6.04 Å². The number of amides is 3. The first-order chi connectivity index (χ1) is 14.0. The number of piperazine rings is 1. The molecule has 2 fully saturated rings. The Morgan fingerprint density at radius 1 is 1.21 bits per heavy atom. The number of carbonyl (C=O) groups excluding carboxylic acids is 2. The van der Waals surface area contributed by atoms with Crippen LogP contribution in [-0.2, 0) is 4.79 Å². The van der Waals surface area contributed by atoms with Gasteiger partial charge in [0.15, 0.2) is 0 Å². The van der Waals surface area contributed by atoms with Crippen molar-refractivity contribution in [1.29, 1.82) is 0 Å². The van der Waals surface area contributed by atoms with Crippen LogP contribution in [0.5, 0.6) is 0 Å². The number of carbonyl (C=O) groups is 2. The molecule has 2 aromatic rings. The third kappa shape index (κ3) is 4.32. The van der Waals surface area contributed by atoms with Crippen LogP contribution in [0.2, 0.25) is 5.02 Å². The summed E-state index contributed by atoms with van der Waals surface area (Å²) in [6.45, 7) is 3.16. The number of nitrogens with zero attached hydrogens (tertiary/aromatic N) is 3. The van der Waals surface area contributed by atoms with Gasteiger partial charge in [-0.1, -0.05) is 11.6 Å². The molecule has 3 amide bonds. The second-order valence-electron chi connectivity index (χ2n) is 7.49. The minimum absolute atomic E-state index is 0.0909. The van der Waals surface area contributed by atoms with Crippen LogP contribution in [0.25, 0.3) is 10.9 Å². The fourth-order valence-corrected chi connectivity index (χ4v) is 4.10. The zero-order chi connectivity index (χ0) is 20.4. The van der Waals surface area contributed by atoms with Crippen molar-refractivity contribution in [2.24, 2.45) is 0 Å². The van der Waals surface area contributed by atoms with Gasteiger partial charge in [-0.05, 0) is 37.5 Å². The molecule has 1 unspecified atom stereocenters. The fraction of sp³-hybridized carbons (Fsp3) is 0.450. The van der Waals surface area contributed by atoms with Gasteiger partial charge in [-0.15, -0.1) is 0 Å². The van der Waals surface area contributed by atoms with Crippen LogP contribution >= 0.6 is 11.6 Å². The van der Waals surface area contributed by atoms with E-state index in [0.717, 1.165) is 29.4 Å². The normalized spacial score (nSPS) is 20.3. The summed E-state index contributed by atoms with van der Waals surface area (Å²) in [5.74, 6) is 0.348. The van der Waals surface area contributed by atoms with Crippen LogP contribution in [0.15, 0.2) is 24.3 Å². The van der Waals surface area contributed by atoms with Gasteiger partial charge in [0.25, 0.3) is 0 Å². The third-order valence-electron chi connectivity index (χ3n) is 5.51. The molecule has 1 atom stereocenters. The maximum Gasteiger partial charge on any atom is 0.318 e. The predicted octanol–water partition coefficient (Wildman–Crippen LogP) is 1.97. The first-order valence-electron chi connectivity index (χ1n) is 9.95. The smallest absolute Gasteiger partial charge is 0.318 e. The molecule has 2 aliphatic heterocycles. The number of anilines is 2. The van der Waals surface area contributed by atoms with Gasteiger partial charge in [-0.2, -0.15) is 0 Å². The Morgan fingerprint density at radius 2 is 2.00 bits per heavy atom. The number of nitrogens with two attached hydrogens (primary N) is 1. The van der Waals surface area contributed by atoms with E-state index in [2.05, 4.69) is 20.5 Å². The van der Waals surface area contributed by atoms with Crippen molar-refractivity contribution in [3.05, 3.63) is 29.3 Å². The summed E-state index contributed by atoms with van der Waals surface area (Å²) in [4.78, 5) is 33.0. The molecular formula is C20H25ClN6O2. The average molecular weight is 417 g/mol. The monoisotopic (exact) mass is 416 g/mol. The highest BCUT2D eigenvalue weighted by Crippen LogP contribution is 2.30. The molecule has 1 aromatic carbocycles. The number of nitrogens with one attached hydrogen (secondary N) is 2. The second-order valence-corrected chi connectivity index (χ2v) is 7.93. The minimum atomic E-state index is -0.447. The van der Waals surface area contributed by atoms with E-state index in [9.17, 15) is 9.59 Å². The Balaban J connectivity index is 1.42. The van der Waals surface area contributed by atoms with Crippen LogP contribution in [-0.4, -0.2) is 60.6 Å². The molecule has 0 radical (unpaired) electrons. The summed E-state index contributed by atoms with van der Waals surface area (Å²) in [5.41, 5.74) is 7.74. The van der Waals surface area contributed by atoms with E-state index in [4.69, 9.17) is 17.3 Å². The molecule has 29 heavy (non-hydrogen) atoms. The number of aromatic nitrogens is 1. The number of fused-ring (bicyclic) bond motifs is 1. The molecule has 154 valence electrons. The van der Waals surface area contributed by atoms with Crippen molar-refractivity contribution in [3.63, 3.8) is 0 Å². The molecule has 0 spiro atoms. The van der Waals surface area contributed by atoms with E-state index in [0.29, 0.717) is 50.0 Å². The van der Waals surface area contributed by atoms with Gasteiger partial charge < -0.3 is 26.2 Å². The summed E-state index contributed by atoms with van der Waals surface area (Å²) < 4.78 is 0. The Hall–Kier alpha value is -2.74. The Kier molecular flexibility index (Phi) is 5.62. The molecule has 1 aromatic heterocycles. The Bertz CT molecular complexity index is 923. The highest BCUT2D eigenvalue weighted by atomic mass is 35.5. The molecule has 4 rings (SSSR count). The van der Waals surface area contributed by atoms with Gasteiger partial charge in [-0.25, -0.2) is 9.78 Å². The Morgan fingerprint density at radius 3 is 2.79 bits per heavy atom. The second kappa shape index (κ2) is 8.32. The number of benzene rings is 1. The zero-order valence-electron chi connectivity index (χ0n) is 16.2. The summed E-state index contributed by atoms with van der Waals surface area (Å²) in [6, 6.07) is 6.82. The van der Waals surface area contributed by atoms with Crippen LogP contribution in [0, 0.1) is 0 Å². The van der Waals surface area contributed by atoms with E-state index in [1.165, 1.54) is 0 Å². The number of pyridine rings is 1. The molecule has 4 N–H and O–H groups in total. The average Bonchev–Trinajstić information content (AvgIpc) is 2.91. The molecular weight excluding hydrogens is 392 g/mol. The van der Waals surface area contributed by atoms with Gasteiger partial charge in [0.2, 0.25) is 5.91 Å².